The number of nitrogens with zero attached hydrogens (tertiary/aromatic N) is 5. The molecular formula is C25H34N6O3. The van der Waals surface area contributed by atoms with Gasteiger partial charge in [0.2, 0.25) is 0 Å². The minimum atomic E-state index is -0.366. The third kappa shape index (κ3) is 5.04. The van der Waals surface area contributed by atoms with E-state index in [4.69, 9.17) is 4.74 Å². The third-order valence-electron chi connectivity index (χ3n) is 6.75. The molecule has 1 saturated carbocycles. The van der Waals surface area contributed by atoms with Crippen LogP contribution in [0.1, 0.15) is 74.5 Å². The molecule has 2 aromatic heterocycles. The van der Waals surface area contributed by atoms with Gasteiger partial charge < -0.3 is 9.72 Å². The molecule has 182 valence electrons. The van der Waals surface area contributed by atoms with Gasteiger partial charge in [-0.15, -0.1) is 5.10 Å². The van der Waals surface area contributed by atoms with E-state index in [9.17, 15) is 9.59 Å². The maximum Gasteiger partial charge on any atom is 0.327 e. The lowest BCUT2D eigenvalue weighted by Crippen LogP contribution is -2.39. The molecule has 9 nitrogen and oxygen atoms in total. The second kappa shape index (κ2) is 10.5. The van der Waals surface area contributed by atoms with E-state index in [0.717, 1.165) is 54.1 Å². The number of esters is 1. The van der Waals surface area contributed by atoms with Crippen LogP contribution in [0.5, 0.6) is 0 Å². The van der Waals surface area contributed by atoms with Crippen LogP contribution in [0, 0.1) is 13.8 Å². The molecule has 0 spiro atoms. The predicted octanol–water partition coefficient (Wildman–Crippen LogP) is 3.59. The Morgan fingerprint density at radius 2 is 2.00 bits per heavy atom. The Morgan fingerprint density at radius 3 is 2.71 bits per heavy atom. The van der Waals surface area contributed by atoms with E-state index >= 15 is 0 Å². The molecule has 0 aliphatic heterocycles. The Hall–Kier alpha value is -3.07. The van der Waals surface area contributed by atoms with Gasteiger partial charge in [0.15, 0.2) is 5.82 Å². The first-order valence-corrected chi connectivity index (χ1v) is 12.2. The van der Waals surface area contributed by atoms with Gasteiger partial charge in [0.1, 0.15) is 6.54 Å². The molecule has 0 saturated heterocycles. The van der Waals surface area contributed by atoms with Gasteiger partial charge in [-0.05, 0) is 73.5 Å². The molecule has 4 rings (SSSR count). The van der Waals surface area contributed by atoms with Gasteiger partial charge in [-0.3, -0.25) is 14.5 Å². The van der Waals surface area contributed by atoms with Crippen molar-refractivity contribution in [2.24, 2.45) is 0 Å². The summed E-state index contributed by atoms with van der Waals surface area (Å²) in [4.78, 5) is 30.7. The Morgan fingerprint density at radius 1 is 1.24 bits per heavy atom. The Labute approximate surface area is 199 Å². The number of hydrogen-bond acceptors (Lipinski definition) is 7. The highest BCUT2D eigenvalue weighted by Crippen LogP contribution is 2.33. The van der Waals surface area contributed by atoms with E-state index in [-0.39, 0.29) is 24.1 Å². The molecule has 1 N–H and O–H groups in total. The van der Waals surface area contributed by atoms with Gasteiger partial charge in [0.25, 0.3) is 5.56 Å². The van der Waals surface area contributed by atoms with E-state index in [1.807, 2.05) is 13.0 Å². The second-order valence-electron chi connectivity index (χ2n) is 9.20. The van der Waals surface area contributed by atoms with E-state index in [2.05, 4.69) is 51.4 Å². The number of H-pyrrole nitrogens is 1. The monoisotopic (exact) mass is 466 g/mol. The SMILES string of the molecule is CCOC(=O)Cn1nnnc1C(CC)N(Cc1cc2cc(C)cc(C)c2[nH]c1=O)C1CCCC1. The van der Waals surface area contributed by atoms with Crippen LogP contribution >= 0.6 is 0 Å². The fourth-order valence-electron chi connectivity index (χ4n) is 5.23. The van der Waals surface area contributed by atoms with Crippen molar-refractivity contribution in [1.29, 1.82) is 0 Å². The van der Waals surface area contributed by atoms with E-state index < -0.39 is 0 Å². The first-order chi connectivity index (χ1) is 16.4. The van der Waals surface area contributed by atoms with Crippen LogP contribution in [0.4, 0.5) is 0 Å². The second-order valence-corrected chi connectivity index (χ2v) is 9.20. The lowest BCUT2D eigenvalue weighted by molar-refractivity contribution is -0.144. The number of benzene rings is 1. The van der Waals surface area contributed by atoms with E-state index in [1.54, 1.807) is 6.92 Å². The summed E-state index contributed by atoms with van der Waals surface area (Å²) in [5, 5.41) is 13.3. The standard InChI is InChI=1S/C25H34N6O3/c1-5-21(24-27-28-29-31(24)15-22(32)34-6-2)30(20-9-7-8-10-20)14-19-13-18-12-16(3)11-17(4)23(18)26-25(19)33/h11-13,20-21H,5-10,14-15H2,1-4H3,(H,26,33). The fraction of sp³-hybridized carbons (Fsp3) is 0.560. The van der Waals surface area contributed by atoms with Crippen molar-refractivity contribution in [2.45, 2.75) is 85.0 Å². The number of carbonyl (C=O) groups is 1. The Balaban J connectivity index is 1.70. The normalized spacial score (nSPS) is 15.3. The summed E-state index contributed by atoms with van der Waals surface area (Å²) >= 11 is 0. The average molecular weight is 467 g/mol. The number of tetrazole rings is 1. The van der Waals surface area contributed by atoms with Crippen LogP contribution in [0.3, 0.4) is 0 Å². The summed E-state index contributed by atoms with van der Waals surface area (Å²) in [5.41, 5.74) is 3.78. The lowest BCUT2D eigenvalue weighted by Gasteiger charge is -2.35. The zero-order valence-corrected chi connectivity index (χ0v) is 20.5. The van der Waals surface area contributed by atoms with Crippen LogP contribution in [0.2, 0.25) is 0 Å². The lowest BCUT2D eigenvalue weighted by atomic mass is 10.0. The molecule has 1 aliphatic rings. The first kappa shape index (κ1) is 24.1. The smallest absolute Gasteiger partial charge is 0.327 e. The van der Waals surface area contributed by atoms with Crippen LogP contribution < -0.4 is 5.56 Å². The maximum atomic E-state index is 13.1. The number of aromatic amines is 1. The van der Waals surface area contributed by atoms with Crippen molar-refractivity contribution in [3.05, 3.63) is 51.1 Å². The molecule has 2 heterocycles. The van der Waals surface area contributed by atoms with E-state index in [1.165, 1.54) is 10.2 Å². The van der Waals surface area contributed by atoms with Gasteiger partial charge in [0.05, 0.1) is 18.2 Å². The third-order valence-corrected chi connectivity index (χ3v) is 6.75. The minimum absolute atomic E-state index is 0.0275. The van der Waals surface area contributed by atoms with Gasteiger partial charge in [-0.1, -0.05) is 31.4 Å². The van der Waals surface area contributed by atoms with Crippen LogP contribution in [0.25, 0.3) is 10.9 Å². The van der Waals surface area contributed by atoms with Crippen LogP contribution in [0.15, 0.2) is 23.0 Å². The van der Waals surface area contributed by atoms with Crippen molar-refractivity contribution in [3.8, 4) is 0 Å². The number of rotatable bonds is 9. The van der Waals surface area contributed by atoms with E-state index in [0.29, 0.717) is 25.0 Å². The van der Waals surface area contributed by atoms with Crippen molar-refractivity contribution in [3.63, 3.8) is 0 Å². The Bertz CT molecular complexity index is 1210. The van der Waals surface area contributed by atoms with Crippen molar-refractivity contribution >= 4 is 16.9 Å². The molecule has 1 atom stereocenters. The summed E-state index contributed by atoms with van der Waals surface area (Å²) < 4.78 is 6.63. The van der Waals surface area contributed by atoms with Crippen molar-refractivity contribution in [2.75, 3.05) is 6.61 Å². The molecule has 1 aromatic carbocycles. The summed E-state index contributed by atoms with van der Waals surface area (Å²) in [6.07, 6.45) is 5.22. The largest absolute Gasteiger partial charge is 0.465 e. The zero-order valence-electron chi connectivity index (χ0n) is 20.5. The summed E-state index contributed by atoms with van der Waals surface area (Å²) in [5.74, 6) is 0.265. The molecule has 1 unspecified atom stereocenters. The minimum Gasteiger partial charge on any atom is -0.465 e. The van der Waals surface area contributed by atoms with Crippen molar-refractivity contribution < 1.29 is 9.53 Å². The number of fused-ring (bicyclic) bond motifs is 1. The zero-order chi connectivity index (χ0) is 24.2. The maximum absolute atomic E-state index is 13.1. The summed E-state index contributed by atoms with van der Waals surface area (Å²) in [7, 11) is 0. The molecule has 0 amide bonds. The Kier molecular flexibility index (Phi) is 7.41. The molecule has 9 heteroatoms. The van der Waals surface area contributed by atoms with Crippen molar-refractivity contribution in [1.82, 2.24) is 30.1 Å². The highest BCUT2D eigenvalue weighted by molar-refractivity contribution is 5.82. The van der Waals surface area contributed by atoms with Gasteiger partial charge in [-0.25, -0.2) is 4.68 Å². The van der Waals surface area contributed by atoms with Gasteiger partial charge in [-0.2, -0.15) is 0 Å². The number of aryl methyl sites for hydroxylation is 2. The number of hydrogen-bond donors (Lipinski definition) is 1. The molecule has 3 aromatic rings. The highest BCUT2D eigenvalue weighted by Gasteiger charge is 2.33. The highest BCUT2D eigenvalue weighted by atomic mass is 16.5. The number of pyridine rings is 1. The molecule has 34 heavy (non-hydrogen) atoms. The van der Waals surface area contributed by atoms with Crippen LogP contribution in [-0.4, -0.2) is 48.7 Å². The number of ether oxygens (including phenoxy) is 1. The molecule has 1 fully saturated rings. The topological polar surface area (TPSA) is 106 Å². The summed E-state index contributed by atoms with van der Waals surface area (Å²) in [6, 6.07) is 6.41. The van der Waals surface area contributed by atoms with Crippen LogP contribution in [-0.2, 0) is 22.6 Å². The quantitative estimate of drug-likeness (QED) is 0.480. The number of carbonyl (C=O) groups excluding carboxylic acids is 1. The predicted molar refractivity (Wildman–Crippen MR) is 129 cm³/mol. The number of aromatic nitrogens is 5. The number of nitrogens with one attached hydrogen (secondary N) is 1. The molecule has 1 aliphatic carbocycles. The average Bonchev–Trinajstić information content (AvgIpc) is 3.47. The summed E-state index contributed by atoms with van der Waals surface area (Å²) in [6.45, 7) is 8.73. The fourth-order valence-corrected chi connectivity index (χ4v) is 5.23. The first-order valence-electron chi connectivity index (χ1n) is 12.2. The molecule has 0 bridgehead atoms. The van der Waals surface area contributed by atoms with Gasteiger partial charge >= 0.3 is 5.97 Å². The molecule has 0 radical (unpaired) electrons. The van der Waals surface area contributed by atoms with Gasteiger partial charge in [0, 0.05) is 18.2 Å². The molecular weight excluding hydrogens is 432 g/mol.